The number of aliphatic hydroxyl groups is 1. The highest BCUT2D eigenvalue weighted by Gasteiger charge is 2.39. The molecule has 0 aromatic heterocycles. The molecule has 4 rings (SSSR count). The maximum absolute atomic E-state index is 10.7. The predicted octanol–water partition coefficient (Wildman–Crippen LogP) is 4.12. The summed E-state index contributed by atoms with van der Waals surface area (Å²) in [7, 11) is 6.66. The van der Waals surface area contributed by atoms with Gasteiger partial charge in [0.2, 0.25) is 0 Å². The zero-order valence-electron chi connectivity index (χ0n) is 20.3. The van der Waals surface area contributed by atoms with E-state index in [9.17, 15) is 5.11 Å². The maximum Gasteiger partial charge on any atom is 0.161 e. The summed E-state index contributed by atoms with van der Waals surface area (Å²) in [5.74, 6) is 3.33. The largest absolute Gasteiger partial charge is 0.493 e. The second-order valence-electron chi connectivity index (χ2n) is 9.17. The van der Waals surface area contributed by atoms with Crippen LogP contribution in [0.15, 0.2) is 30.3 Å². The first-order valence-electron chi connectivity index (χ1n) is 11.9. The van der Waals surface area contributed by atoms with Gasteiger partial charge in [0.15, 0.2) is 23.0 Å². The van der Waals surface area contributed by atoms with Crippen molar-refractivity contribution in [3.63, 3.8) is 0 Å². The Hall–Kier alpha value is -2.44. The fourth-order valence-corrected chi connectivity index (χ4v) is 5.74. The second-order valence-corrected chi connectivity index (χ2v) is 9.17. The van der Waals surface area contributed by atoms with Crippen molar-refractivity contribution < 1.29 is 24.1 Å². The van der Waals surface area contributed by atoms with Gasteiger partial charge in [-0.15, -0.1) is 0 Å². The van der Waals surface area contributed by atoms with Gasteiger partial charge in [-0.05, 0) is 85.1 Å². The molecular formula is C27H37NO5. The summed E-state index contributed by atoms with van der Waals surface area (Å²) in [4.78, 5) is 2.58. The van der Waals surface area contributed by atoms with Crippen molar-refractivity contribution >= 4 is 0 Å². The molecule has 0 unspecified atom stereocenters. The number of ether oxygens (including phenoxy) is 4. The monoisotopic (exact) mass is 455 g/mol. The Morgan fingerprint density at radius 3 is 2.09 bits per heavy atom. The van der Waals surface area contributed by atoms with E-state index in [2.05, 4.69) is 29.2 Å². The molecule has 0 bridgehead atoms. The Morgan fingerprint density at radius 2 is 1.45 bits per heavy atom. The van der Waals surface area contributed by atoms with Gasteiger partial charge >= 0.3 is 0 Å². The standard InChI is InChI=1S/C27H37NO5/c1-30-23-9-8-18(13-24(23)31-2)27-21-15-26(33-4)25(32-3)14-19(21)12-20(22(27)17-29)16-28-10-6-5-7-11-28/h8-9,13-15,20,22,27,29H,5-7,10-12,16-17H2,1-4H3/t20-,22-,27+/m0/s1. The van der Waals surface area contributed by atoms with Crippen LogP contribution in [0, 0.1) is 11.8 Å². The van der Waals surface area contributed by atoms with Crippen LogP contribution in [-0.4, -0.2) is 64.7 Å². The summed E-state index contributed by atoms with van der Waals surface area (Å²) in [6.45, 7) is 3.43. The van der Waals surface area contributed by atoms with Gasteiger partial charge in [0.25, 0.3) is 0 Å². The minimum Gasteiger partial charge on any atom is -0.493 e. The van der Waals surface area contributed by atoms with Crippen LogP contribution in [-0.2, 0) is 6.42 Å². The molecule has 1 N–H and O–H groups in total. The van der Waals surface area contributed by atoms with E-state index >= 15 is 0 Å². The Morgan fingerprint density at radius 1 is 0.818 bits per heavy atom. The number of aliphatic hydroxyl groups excluding tert-OH is 1. The number of rotatable bonds is 8. The highest BCUT2D eigenvalue weighted by molar-refractivity contribution is 5.54. The zero-order chi connectivity index (χ0) is 23.4. The van der Waals surface area contributed by atoms with E-state index in [-0.39, 0.29) is 18.4 Å². The molecule has 0 spiro atoms. The fourth-order valence-electron chi connectivity index (χ4n) is 5.74. The summed E-state index contributed by atoms with van der Waals surface area (Å²) < 4.78 is 22.4. The quantitative estimate of drug-likeness (QED) is 0.646. The third kappa shape index (κ3) is 4.78. The Labute approximate surface area is 197 Å². The van der Waals surface area contributed by atoms with E-state index in [1.807, 2.05) is 6.07 Å². The zero-order valence-corrected chi connectivity index (χ0v) is 20.3. The van der Waals surface area contributed by atoms with Gasteiger partial charge in [-0.25, -0.2) is 0 Å². The molecule has 1 aliphatic heterocycles. The first kappa shape index (κ1) is 23.7. The predicted molar refractivity (Wildman–Crippen MR) is 129 cm³/mol. The molecule has 0 amide bonds. The molecule has 6 nitrogen and oxygen atoms in total. The molecule has 1 saturated heterocycles. The Bertz CT molecular complexity index is 940. The molecule has 1 fully saturated rings. The van der Waals surface area contributed by atoms with Crippen molar-refractivity contribution in [1.82, 2.24) is 4.90 Å². The minimum atomic E-state index is 0.0214. The van der Waals surface area contributed by atoms with Gasteiger partial charge in [0, 0.05) is 19.1 Å². The normalized spacial score (nSPS) is 23.0. The molecule has 1 heterocycles. The van der Waals surface area contributed by atoms with Crippen molar-refractivity contribution in [2.45, 2.75) is 31.6 Å². The van der Waals surface area contributed by atoms with Gasteiger partial charge in [-0.1, -0.05) is 12.5 Å². The van der Waals surface area contributed by atoms with Crippen LogP contribution in [0.5, 0.6) is 23.0 Å². The van der Waals surface area contributed by atoms with Crippen LogP contribution in [0.3, 0.4) is 0 Å². The summed E-state index contributed by atoms with van der Waals surface area (Å²) in [6, 6.07) is 10.3. The number of hydrogen-bond donors (Lipinski definition) is 1. The van der Waals surface area contributed by atoms with Crippen LogP contribution in [0.1, 0.15) is 41.9 Å². The van der Waals surface area contributed by atoms with E-state index in [4.69, 9.17) is 18.9 Å². The van der Waals surface area contributed by atoms with E-state index in [1.165, 1.54) is 30.4 Å². The van der Waals surface area contributed by atoms with E-state index < -0.39 is 0 Å². The third-order valence-electron chi connectivity index (χ3n) is 7.42. The summed E-state index contributed by atoms with van der Waals surface area (Å²) in [6.07, 6.45) is 4.76. The number of methoxy groups -OCH3 is 4. The maximum atomic E-state index is 10.7. The molecule has 1 aliphatic carbocycles. The topological polar surface area (TPSA) is 60.4 Å². The number of likely N-dealkylation sites (tertiary alicyclic amines) is 1. The molecule has 2 aromatic rings. The van der Waals surface area contributed by atoms with Crippen molar-refractivity contribution in [2.75, 3.05) is 54.7 Å². The molecule has 2 aromatic carbocycles. The van der Waals surface area contributed by atoms with Crippen LogP contribution in [0.4, 0.5) is 0 Å². The molecule has 0 saturated carbocycles. The van der Waals surface area contributed by atoms with Crippen molar-refractivity contribution in [1.29, 1.82) is 0 Å². The van der Waals surface area contributed by atoms with Crippen molar-refractivity contribution in [2.24, 2.45) is 11.8 Å². The number of piperidine rings is 1. The van der Waals surface area contributed by atoms with Crippen molar-refractivity contribution in [3.8, 4) is 23.0 Å². The van der Waals surface area contributed by atoms with Gasteiger partial charge in [0.1, 0.15) is 0 Å². The summed E-state index contributed by atoms with van der Waals surface area (Å²) >= 11 is 0. The van der Waals surface area contributed by atoms with E-state index in [0.29, 0.717) is 23.2 Å². The number of hydrogen-bond acceptors (Lipinski definition) is 6. The average molecular weight is 456 g/mol. The highest BCUT2D eigenvalue weighted by atomic mass is 16.5. The Balaban J connectivity index is 1.80. The lowest BCUT2D eigenvalue weighted by molar-refractivity contribution is 0.105. The summed E-state index contributed by atoms with van der Waals surface area (Å²) in [5.41, 5.74) is 3.57. The molecule has 180 valence electrons. The lowest BCUT2D eigenvalue weighted by atomic mass is 9.66. The van der Waals surface area contributed by atoms with Crippen LogP contribution < -0.4 is 18.9 Å². The average Bonchev–Trinajstić information content (AvgIpc) is 2.87. The van der Waals surface area contributed by atoms with E-state index in [1.54, 1.807) is 28.4 Å². The molecule has 2 aliphatic rings. The molecule has 6 heteroatoms. The number of fused-ring (bicyclic) bond motifs is 1. The third-order valence-corrected chi connectivity index (χ3v) is 7.42. The smallest absolute Gasteiger partial charge is 0.161 e. The fraction of sp³-hybridized carbons (Fsp3) is 0.556. The van der Waals surface area contributed by atoms with Crippen LogP contribution >= 0.6 is 0 Å². The van der Waals surface area contributed by atoms with Gasteiger partial charge in [-0.2, -0.15) is 0 Å². The highest BCUT2D eigenvalue weighted by Crippen LogP contribution is 2.48. The number of nitrogens with zero attached hydrogens (tertiary/aromatic N) is 1. The van der Waals surface area contributed by atoms with Gasteiger partial charge in [-0.3, -0.25) is 0 Å². The van der Waals surface area contributed by atoms with Crippen LogP contribution in [0.2, 0.25) is 0 Å². The summed E-state index contributed by atoms with van der Waals surface area (Å²) in [5, 5.41) is 10.7. The van der Waals surface area contributed by atoms with Crippen molar-refractivity contribution in [3.05, 3.63) is 47.0 Å². The Kier molecular flexibility index (Phi) is 7.66. The molecule has 3 atom stereocenters. The molecule has 0 radical (unpaired) electrons. The van der Waals surface area contributed by atoms with E-state index in [0.717, 1.165) is 37.4 Å². The molecular weight excluding hydrogens is 418 g/mol. The van der Waals surface area contributed by atoms with Gasteiger partial charge < -0.3 is 29.0 Å². The first-order valence-corrected chi connectivity index (χ1v) is 11.9. The lowest BCUT2D eigenvalue weighted by Gasteiger charge is -2.42. The lowest BCUT2D eigenvalue weighted by Crippen LogP contribution is -2.42. The minimum absolute atomic E-state index is 0.0214. The first-order chi connectivity index (χ1) is 16.1. The van der Waals surface area contributed by atoms with Gasteiger partial charge in [0.05, 0.1) is 28.4 Å². The molecule has 33 heavy (non-hydrogen) atoms. The van der Waals surface area contributed by atoms with Crippen LogP contribution in [0.25, 0.3) is 0 Å². The second kappa shape index (κ2) is 10.7. The number of benzene rings is 2. The SMILES string of the molecule is COc1ccc([C@@H]2c3cc(OC)c(OC)cc3C[C@@H](CN3CCCCC3)[C@@H]2CO)cc1OC.